The van der Waals surface area contributed by atoms with Gasteiger partial charge in [0.25, 0.3) is 0 Å². The molecule has 1 aliphatic rings. The predicted octanol–water partition coefficient (Wildman–Crippen LogP) is 2.89. The van der Waals surface area contributed by atoms with Crippen LogP contribution in [0.15, 0.2) is 18.2 Å². The third-order valence-electron chi connectivity index (χ3n) is 3.15. The van der Waals surface area contributed by atoms with E-state index in [9.17, 15) is 0 Å². The molecule has 1 aromatic heterocycles. The molecule has 0 bridgehead atoms. The number of ether oxygens (including phenoxy) is 1. The highest BCUT2D eigenvalue weighted by Gasteiger charge is 2.20. The van der Waals surface area contributed by atoms with Crippen molar-refractivity contribution in [1.29, 1.82) is 0 Å². The molecule has 17 heavy (non-hydrogen) atoms. The number of anilines is 1. The summed E-state index contributed by atoms with van der Waals surface area (Å²) >= 11 is 1.58. The van der Waals surface area contributed by atoms with Gasteiger partial charge in [-0.1, -0.05) is 23.5 Å². The number of hydrogen-bond donors (Lipinski definition) is 1. The molecule has 1 aliphatic carbocycles. The lowest BCUT2D eigenvalue weighted by molar-refractivity contribution is 0.409. The van der Waals surface area contributed by atoms with Crippen molar-refractivity contribution >= 4 is 16.5 Å². The molecule has 0 amide bonds. The van der Waals surface area contributed by atoms with Crippen LogP contribution in [0.3, 0.4) is 0 Å². The van der Waals surface area contributed by atoms with E-state index in [1.54, 1.807) is 18.4 Å². The topological polar surface area (TPSA) is 48.1 Å². The number of aryl methyl sites for hydroxylation is 1. The Hall–Kier alpha value is -1.55. The van der Waals surface area contributed by atoms with E-state index in [0.717, 1.165) is 30.7 Å². The van der Waals surface area contributed by atoms with Gasteiger partial charge in [0, 0.05) is 11.1 Å². The summed E-state index contributed by atoms with van der Waals surface area (Å²) in [5.41, 5.74) is 9.48. The van der Waals surface area contributed by atoms with Gasteiger partial charge in [-0.15, -0.1) is 0 Å². The first kappa shape index (κ1) is 10.6. The number of thiazole rings is 1. The van der Waals surface area contributed by atoms with Gasteiger partial charge in [-0.05, 0) is 25.3 Å². The smallest absolute Gasteiger partial charge is 0.180 e. The van der Waals surface area contributed by atoms with Crippen LogP contribution in [0.5, 0.6) is 5.75 Å². The van der Waals surface area contributed by atoms with Crippen LogP contribution in [0.4, 0.5) is 5.13 Å². The molecular weight excluding hydrogens is 232 g/mol. The van der Waals surface area contributed by atoms with Gasteiger partial charge >= 0.3 is 0 Å². The number of rotatable bonds is 1. The molecule has 2 N–H and O–H groups in total. The fourth-order valence-electron chi connectivity index (χ4n) is 2.41. The number of nitrogen functional groups attached to an aromatic ring is 1. The molecule has 0 saturated heterocycles. The second-order valence-corrected chi connectivity index (χ2v) is 5.20. The number of nitrogens with two attached hydrogens (primary N) is 1. The molecule has 1 heterocycles. The highest BCUT2D eigenvalue weighted by atomic mass is 32.1. The van der Waals surface area contributed by atoms with Gasteiger partial charge in [-0.25, -0.2) is 4.98 Å². The van der Waals surface area contributed by atoms with Gasteiger partial charge in [0.1, 0.15) is 5.75 Å². The van der Waals surface area contributed by atoms with Gasteiger partial charge in [0.2, 0.25) is 0 Å². The minimum absolute atomic E-state index is 0.658. The highest BCUT2D eigenvalue weighted by Crippen LogP contribution is 2.40. The summed E-state index contributed by atoms with van der Waals surface area (Å²) in [4.78, 5) is 5.64. The van der Waals surface area contributed by atoms with Crippen LogP contribution in [-0.2, 0) is 12.8 Å². The monoisotopic (exact) mass is 246 g/mol. The Balaban J connectivity index is 2.25. The maximum atomic E-state index is 5.81. The van der Waals surface area contributed by atoms with Gasteiger partial charge in [0.15, 0.2) is 5.13 Å². The predicted molar refractivity (Wildman–Crippen MR) is 70.5 cm³/mol. The largest absolute Gasteiger partial charge is 0.496 e. The molecule has 1 aromatic carbocycles. The maximum Gasteiger partial charge on any atom is 0.180 e. The molecule has 3 rings (SSSR count). The summed E-state index contributed by atoms with van der Waals surface area (Å²) in [6.07, 6.45) is 3.15. The van der Waals surface area contributed by atoms with E-state index >= 15 is 0 Å². The molecule has 0 unspecified atom stereocenters. The average Bonchev–Trinajstić information content (AvgIpc) is 2.62. The van der Waals surface area contributed by atoms with Crippen LogP contribution in [0.25, 0.3) is 10.4 Å². The first-order valence-corrected chi connectivity index (χ1v) is 6.52. The Labute approximate surface area is 104 Å². The van der Waals surface area contributed by atoms with Crippen LogP contribution in [0.1, 0.15) is 17.7 Å². The molecule has 2 aromatic rings. The summed E-state index contributed by atoms with van der Waals surface area (Å²) in [5, 5.41) is 0.658. The first-order chi connectivity index (χ1) is 8.29. The van der Waals surface area contributed by atoms with Gasteiger partial charge in [0.05, 0.1) is 17.7 Å². The Kier molecular flexibility index (Phi) is 2.52. The van der Waals surface area contributed by atoms with Crippen LogP contribution < -0.4 is 10.5 Å². The molecule has 0 radical (unpaired) electrons. The number of fused-ring (bicyclic) bond motifs is 3. The van der Waals surface area contributed by atoms with E-state index in [1.165, 1.54) is 16.0 Å². The van der Waals surface area contributed by atoms with Crippen molar-refractivity contribution in [3.63, 3.8) is 0 Å². The quantitative estimate of drug-likeness (QED) is 0.841. The lowest BCUT2D eigenvalue weighted by Gasteiger charge is -2.10. The zero-order chi connectivity index (χ0) is 11.8. The number of nitrogens with zero attached hydrogens (tertiary/aromatic N) is 1. The second-order valence-electron chi connectivity index (χ2n) is 4.17. The Bertz CT molecular complexity index is 563. The molecular formula is C13H14N2OS. The van der Waals surface area contributed by atoms with Crippen molar-refractivity contribution in [3.8, 4) is 16.2 Å². The van der Waals surface area contributed by atoms with E-state index < -0.39 is 0 Å². The molecule has 0 spiro atoms. The normalized spacial score (nSPS) is 13.7. The summed E-state index contributed by atoms with van der Waals surface area (Å²) in [7, 11) is 1.72. The summed E-state index contributed by atoms with van der Waals surface area (Å²) < 4.78 is 5.44. The SMILES string of the molecule is COc1cccc2c1CCCc1nc(N)sc1-2. The fourth-order valence-corrected chi connectivity index (χ4v) is 3.34. The third-order valence-corrected chi connectivity index (χ3v) is 4.11. The van der Waals surface area contributed by atoms with Crippen LogP contribution in [-0.4, -0.2) is 12.1 Å². The molecule has 0 aliphatic heterocycles. The first-order valence-electron chi connectivity index (χ1n) is 5.71. The molecule has 88 valence electrons. The van der Waals surface area contributed by atoms with Crippen molar-refractivity contribution in [2.45, 2.75) is 19.3 Å². The van der Waals surface area contributed by atoms with E-state index in [2.05, 4.69) is 11.1 Å². The Morgan fingerprint density at radius 1 is 1.35 bits per heavy atom. The molecule has 0 atom stereocenters. The zero-order valence-electron chi connectivity index (χ0n) is 9.69. The van der Waals surface area contributed by atoms with Crippen LogP contribution in [0.2, 0.25) is 0 Å². The summed E-state index contributed by atoms with van der Waals surface area (Å²) in [6.45, 7) is 0. The highest BCUT2D eigenvalue weighted by molar-refractivity contribution is 7.18. The van der Waals surface area contributed by atoms with Gasteiger partial charge in [-0.3, -0.25) is 0 Å². The Morgan fingerprint density at radius 3 is 3.06 bits per heavy atom. The summed E-state index contributed by atoms with van der Waals surface area (Å²) in [6, 6.07) is 6.19. The van der Waals surface area contributed by atoms with Crippen LogP contribution >= 0.6 is 11.3 Å². The van der Waals surface area contributed by atoms with E-state index in [0.29, 0.717) is 5.13 Å². The molecule has 3 nitrogen and oxygen atoms in total. The van der Waals surface area contributed by atoms with E-state index in [1.807, 2.05) is 12.1 Å². The van der Waals surface area contributed by atoms with Gasteiger partial charge < -0.3 is 10.5 Å². The van der Waals surface area contributed by atoms with Gasteiger partial charge in [-0.2, -0.15) is 0 Å². The zero-order valence-corrected chi connectivity index (χ0v) is 10.5. The van der Waals surface area contributed by atoms with E-state index in [-0.39, 0.29) is 0 Å². The number of aromatic nitrogens is 1. The third kappa shape index (κ3) is 1.69. The lowest BCUT2D eigenvalue weighted by atomic mass is 10.0. The van der Waals surface area contributed by atoms with Crippen molar-refractivity contribution in [3.05, 3.63) is 29.5 Å². The number of benzene rings is 1. The number of methoxy groups -OCH3 is 1. The molecule has 0 saturated carbocycles. The van der Waals surface area contributed by atoms with Crippen molar-refractivity contribution < 1.29 is 4.74 Å². The van der Waals surface area contributed by atoms with Crippen molar-refractivity contribution in [1.82, 2.24) is 4.98 Å². The molecule has 4 heteroatoms. The minimum atomic E-state index is 0.658. The lowest BCUT2D eigenvalue weighted by Crippen LogP contribution is -1.93. The Morgan fingerprint density at radius 2 is 2.24 bits per heavy atom. The second kappa shape index (κ2) is 4.04. The maximum absolute atomic E-state index is 5.81. The van der Waals surface area contributed by atoms with E-state index in [4.69, 9.17) is 10.5 Å². The van der Waals surface area contributed by atoms with Crippen molar-refractivity contribution in [2.24, 2.45) is 0 Å². The summed E-state index contributed by atoms with van der Waals surface area (Å²) in [5.74, 6) is 0.974. The fraction of sp³-hybridized carbons (Fsp3) is 0.308. The number of hydrogen-bond acceptors (Lipinski definition) is 4. The van der Waals surface area contributed by atoms with Crippen molar-refractivity contribution in [2.75, 3.05) is 12.8 Å². The standard InChI is InChI=1S/C13H14N2OS/c1-16-11-7-3-5-9-8(11)4-2-6-10-12(9)17-13(14)15-10/h3,5,7H,2,4,6H2,1H3,(H2,14,15). The average molecular weight is 246 g/mol. The minimum Gasteiger partial charge on any atom is -0.496 e. The van der Waals surface area contributed by atoms with Crippen LogP contribution in [0, 0.1) is 0 Å². The molecule has 0 fully saturated rings.